The second kappa shape index (κ2) is 5.30. The molecule has 0 aliphatic rings. The fourth-order valence-corrected chi connectivity index (χ4v) is 1.96. The maximum Gasteiger partial charge on any atom is 0.130 e. The first kappa shape index (κ1) is 13.0. The van der Waals surface area contributed by atoms with Crippen LogP contribution in [0.4, 0.5) is 4.39 Å². The van der Waals surface area contributed by atoms with E-state index >= 15 is 0 Å². The molecule has 0 aromatic heterocycles. The fourth-order valence-electron chi connectivity index (χ4n) is 1.96. The third kappa shape index (κ3) is 2.73. The van der Waals surface area contributed by atoms with Crippen molar-refractivity contribution < 1.29 is 9.50 Å². The molecule has 0 bridgehead atoms. The highest BCUT2D eigenvalue weighted by Gasteiger charge is 2.17. The van der Waals surface area contributed by atoms with Crippen LogP contribution in [0.25, 0.3) is 0 Å². The van der Waals surface area contributed by atoms with Gasteiger partial charge in [0.05, 0.1) is 0 Å². The van der Waals surface area contributed by atoms with Crippen molar-refractivity contribution in [3.05, 3.63) is 29.1 Å². The Morgan fingerprint density at radius 2 is 2.00 bits per heavy atom. The smallest absolute Gasteiger partial charge is 0.130 e. The van der Waals surface area contributed by atoms with E-state index in [2.05, 4.69) is 13.8 Å². The van der Waals surface area contributed by atoms with E-state index in [1.807, 2.05) is 0 Å². The summed E-state index contributed by atoms with van der Waals surface area (Å²) in [5, 5.41) is 9.61. The van der Waals surface area contributed by atoms with Gasteiger partial charge < -0.3 is 10.8 Å². The molecule has 1 aromatic carbocycles. The zero-order chi connectivity index (χ0) is 12.3. The second-order valence-electron chi connectivity index (χ2n) is 4.57. The summed E-state index contributed by atoms with van der Waals surface area (Å²) in [6.07, 6.45) is 0.805. The average Bonchev–Trinajstić information content (AvgIpc) is 2.21. The maximum absolute atomic E-state index is 13.5. The summed E-state index contributed by atoms with van der Waals surface area (Å²) in [5.74, 6) is 0.256. The van der Waals surface area contributed by atoms with Crippen LogP contribution in [0, 0.1) is 18.7 Å². The van der Waals surface area contributed by atoms with Gasteiger partial charge in [-0.25, -0.2) is 4.39 Å². The molecule has 0 aliphatic heterocycles. The molecule has 0 radical (unpaired) electrons. The predicted octanol–water partition coefficient (Wildman–Crippen LogP) is 2.93. The molecule has 2 nitrogen and oxygen atoms in total. The Kier molecular flexibility index (Phi) is 4.30. The van der Waals surface area contributed by atoms with E-state index in [1.54, 1.807) is 13.0 Å². The van der Waals surface area contributed by atoms with Crippen LogP contribution < -0.4 is 5.73 Å². The van der Waals surface area contributed by atoms with Gasteiger partial charge in [0.2, 0.25) is 0 Å². The van der Waals surface area contributed by atoms with Crippen LogP contribution in [0.1, 0.15) is 37.3 Å². The molecule has 16 heavy (non-hydrogen) atoms. The number of rotatable bonds is 4. The number of aromatic hydroxyl groups is 1. The number of hydrogen-bond acceptors (Lipinski definition) is 2. The van der Waals surface area contributed by atoms with E-state index in [0.29, 0.717) is 18.0 Å². The van der Waals surface area contributed by atoms with Crippen molar-refractivity contribution in [2.45, 2.75) is 33.1 Å². The number of phenolic OH excluding ortho intramolecular Hbond substituents is 1. The fraction of sp³-hybridized carbons (Fsp3) is 0.538. The number of halogens is 1. The zero-order valence-electron chi connectivity index (χ0n) is 10.1. The summed E-state index contributed by atoms with van der Waals surface area (Å²) in [5.41, 5.74) is 6.69. The van der Waals surface area contributed by atoms with Gasteiger partial charge in [-0.2, -0.15) is 0 Å². The van der Waals surface area contributed by atoms with Crippen LogP contribution in [-0.2, 0) is 0 Å². The number of hydrogen-bond donors (Lipinski definition) is 2. The van der Waals surface area contributed by atoms with Gasteiger partial charge in [0.25, 0.3) is 0 Å². The minimum absolute atomic E-state index is 0.0256. The summed E-state index contributed by atoms with van der Waals surface area (Å²) in [7, 11) is 0. The Morgan fingerprint density at radius 1 is 1.38 bits per heavy atom. The molecule has 1 aromatic rings. The van der Waals surface area contributed by atoms with Gasteiger partial charge in [0.1, 0.15) is 11.6 Å². The second-order valence-corrected chi connectivity index (χ2v) is 4.57. The normalized spacial score (nSPS) is 13.1. The van der Waals surface area contributed by atoms with Crippen LogP contribution in [0.3, 0.4) is 0 Å². The number of nitrogens with two attached hydrogens (primary N) is 1. The van der Waals surface area contributed by atoms with Gasteiger partial charge in [-0.1, -0.05) is 13.8 Å². The van der Waals surface area contributed by atoms with Gasteiger partial charge in [-0.3, -0.25) is 0 Å². The summed E-state index contributed by atoms with van der Waals surface area (Å²) in [4.78, 5) is 0. The molecule has 3 N–H and O–H groups in total. The summed E-state index contributed by atoms with van der Waals surface area (Å²) in [6, 6.07) is 3.16. The van der Waals surface area contributed by atoms with E-state index in [4.69, 9.17) is 5.73 Å². The van der Waals surface area contributed by atoms with Crippen molar-refractivity contribution in [2.24, 2.45) is 11.7 Å². The first-order valence-electron chi connectivity index (χ1n) is 5.66. The molecule has 0 heterocycles. The summed E-state index contributed by atoms with van der Waals surface area (Å²) in [6.45, 7) is 6.30. The van der Waals surface area contributed by atoms with E-state index in [-0.39, 0.29) is 17.5 Å². The summed E-state index contributed by atoms with van der Waals surface area (Å²) < 4.78 is 13.5. The largest absolute Gasteiger partial charge is 0.508 e. The Bertz CT molecular complexity index is 340. The van der Waals surface area contributed by atoms with Crippen molar-refractivity contribution in [1.82, 2.24) is 0 Å². The SMILES string of the molecule is Cc1c(O)cc(C(CCN)C(C)C)cc1F. The Morgan fingerprint density at radius 3 is 2.44 bits per heavy atom. The van der Waals surface area contributed by atoms with Crippen LogP contribution in [-0.4, -0.2) is 11.7 Å². The molecular formula is C13H20FNO. The number of phenols is 1. The van der Waals surface area contributed by atoms with Crippen LogP contribution in [0.5, 0.6) is 5.75 Å². The first-order valence-corrected chi connectivity index (χ1v) is 5.66. The third-order valence-electron chi connectivity index (χ3n) is 3.05. The zero-order valence-corrected chi connectivity index (χ0v) is 10.1. The minimum atomic E-state index is -0.349. The lowest BCUT2D eigenvalue weighted by molar-refractivity contribution is 0.446. The highest BCUT2D eigenvalue weighted by atomic mass is 19.1. The summed E-state index contributed by atoms with van der Waals surface area (Å²) >= 11 is 0. The molecule has 0 amide bonds. The lowest BCUT2D eigenvalue weighted by atomic mass is 9.85. The quantitative estimate of drug-likeness (QED) is 0.827. The van der Waals surface area contributed by atoms with Crippen molar-refractivity contribution in [1.29, 1.82) is 0 Å². The average molecular weight is 225 g/mol. The van der Waals surface area contributed by atoms with Gasteiger partial charge >= 0.3 is 0 Å². The lowest BCUT2D eigenvalue weighted by Crippen LogP contribution is -2.13. The number of benzene rings is 1. The third-order valence-corrected chi connectivity index (χ3v) is 3.05. The monoisotopic (exact) mass is 225 g/mol. The molecule has 0 spiro atoms. The van der Waals surface area contributed by atoms with Crippen LogP contribution in [0.15, 0.2) is 12.1 Å². The molecule has 0 saturated heterocycles. The molecule has 0 fully saturated rings. The van der Waals surface area contributed by atoms with Crippen molar-refractivity contribution >= 4 is 0 Å². The van der Waals surface area contributed by atoms with Crippen LogP contribution >= 0.6 is 0 Å². The highest BCUT2D eigenvalue weighted by molar-refractivity contribution is 5.38. The molecule has 90 valence electrons. The van der Waals surface area contributed by atoms with E-state index in [9.17, 15) is 9.50 Å². The molecule has 1 unspecified atom stereocenters. The Balaban J connectivity index is 3.10. The highest BCUT2D eigenvalue weighted by Crippen LogP contribution is 2.32. The van der Waals surface area contributed by atoms with Crippen LogP contribution in [0.2, 0.25) is 0 Å². The Hall–Kier alpha value is -1.09. The van der Waals surface area contributed by atoms with Crippen molar-refractivity contribution in [2.75, 3.05) is 6.54 Å². The molecule has 1 atom stereocenters. The standard InChI is InChI=1S/C13H20FNO/c1-8(2)11(4-5-15)10-6-12(14)9(3)13(16)7-10/h6-8,11,16H,4-5,15H2,1-3H3. The van der Waals surface area contributed by atoms with E-state index < -0.39 is 0 Å². The maximum atomic E-state index is 13.5. The first-order chi connectivity index (χ1) is 7.47. The van der Waals surface area contributed by atoms with Gasteiger partial charge in [-0.05, 0) is 49.4 Å². The van der Waals surface area contributed by atoms with Gasteiger partial charge in [0.15, 0.2) is 0 Å². The predicted molar refractivity (Wildman–Crippen MR) is 64.1 cm³/mol. The van der Waals surface area contributed by atoms with E-state index in [0.717, 1.165) is 12.0 Å². The van der Waals surface area contributed by atoms with Gasteiger partial charge in [-0.15, -0.1) is 0 Å². The van der Waals surface area contributed by atoms with Crippen molar-refractivity contribution in [3.8, 4) is 5.75 Å². The molecule has 3 heteroatoms. The molecule has 1 rings (SSSR count). The lowest BCUT2D eigenvalue weighted by Gasteiger charge is -2.21. The topological polar surface area (TPSA) is 46.2 Å². The molecule has 0 aliphatic carbocycles. The van der Waals surface area contributed by atoms with Crippen molar-refractivity contribution in [3.63, 3.8) is 0 Å². The molecular weight excluding hydrogens is 205 g/mol. The van der Waals surface area contributed by atoms with Gasteiger partial charge in [0, 0.05) is 5.56 Å². The minimum Gasteiger partial charge on any atom is -0.508 e. The Labute approximate surface area is 96.3 Å². The van der Waals surface area contributed by atoms with E-state index in [1.165, 1.54) is 6.07 Å². The molecule has 0 saturated carbocycles.